The number of thiazole rings is 1. The summed E-state index contributed by atoms with van der Waals surface area (Å²) < 4.78 is 0. The number of hydrogen-bond acceptors (Lipinski definition) is 4. The van der Waals surface area contributed by atoms with Gasteiger partial charge >= 0.3 is 6.03 Å². The predicted molar refractivity (Wildman–Crippen MR) is 89.9 cm³/mol. The molecule has 2 heterocycles. The second-order valence-corrected chi connectivity index (χ2v) is 6.33. The normalized spacial score (nSPS) is 10.7. The molecular weight excluding hydrogens is 296 g/mol. The molecule has 118 valence electrons. The summed E-state index contributed by atoms with van der Waals surface area (Å²) in [5.74, 6) is 0.598. The van der Waals surface area contributed by atoms with Crippen molar-refractivity contribution in [3.8, 4) is 10.7 Å². The first-order chi connectivity index (χ1) is 10.6. The van der Waals surface area contributed by atoms with E-state index >= 15 is 0 Å². The predicted octanol–water partition coefficient (Wildman–Crippen LogP) is 3.09. The highest BCUT2D eigenvalue weighted by Gasteiger charge is 2.06. The topological polar surface area (TPSA) is 66.9 Å². The maximum atomic E-state index is 11.6. The van der Waals surface area contributed by atoms with Crippen molar-refractivity contribution in [2.24, 2.45) is 5.92 Å². The maximum absolute atomic E-state index is 11.6. The molecule has 0 aliphatic heterocycles. The monoisotopic (exact) mass is 318 g/mol. The van der Waals surface area contributed by atoms with Crippen LogP contribution in [0.1, 0.15) is 26.0 Å². The molecule has 0 aromatic carbocycles. The maximum Gasteiger partial charge on any atom is 0.314 e. The highest BCUT2D eigenvalue weighted by Crippen LogP contribution is 2.21. The fourth-order valence-corrected chi connectivity index (χ4v) is 2.70. The van der Waals surface area contributed by atoms with E-state index in [-0.39, 0.29) is 6.03 Å². The van der Waals surface area contributed by atoms with Crippen molar-refractivity contribution in [2.45, 2.75) is 26.7 Å². The van der Waals surface area contributed by atoms with Crippen LogP contribution in [0.3, 0.4) is 0 Å². The molecule has 0 unspecified atom stereocenters. The fourth-order valence-electron chi connectivity index (χ4n) is 1.87. The molecular formula is C16H22N4OS. The quantitative estimate of drug-likeness (QED) is 0.824. The number of hydrogen-bond donors (Lipinski definition) is 2. The van der Waals surface area contributed by atoms with Crippen LogP contribution in [0, 0.1) is 5.92 Å². The lowest BCUT2D eigenvalue weighted by Crippen LogP contribution is -2.37. The molecule has 0 bridgehead atoms. The molecule has 0 aliphatic rings. The molecule has 2 N–H and O–H groups in total. The van der Waals surface area contributed by atoms with Gasteiger partial charge in [-0.1, -0.05) is 19.9 Å². The Morgan fingerprint density at radius 3 is 2.82 bits per heavy atom. The van der Waals surface area contributed by atoms with Gasteiger partial charge in [0, 0.05) is 31.1 Å². The van der Waals surface area contributed by atoms with Gasteiger partial charge in [-0.3, -0.25) is 4.98 Å². The molecule has 2 amide bonds. The van der Waals surface area contributed by atoms with E-state index in [2.05, 4.69) is 34.4 Å². The van der Waals surface area contributed by atoms with E-state index in [0.717, 1.165) is 29.2 Å². The van der Waals surface area contributed by atoms with Gasteiger partial charge in [-0.15, -0.1) is 11.3 Å². The molecule has 2 rings (SSSR count). The zero-order chi connectivity index (χ0) is 15.8. The average molecular weight is 318 g/mol. The Bertz CT molecular complexity index is 583. The molecule has 22 heavy (non-hydrogen) atoms. The number of nitrogens with one attached hydrogen (secondary N) is 2. The third-order valence-corrected chi connectivity index (χ3v) is 4.02. The number of aromatic nitrogens is 2. The summed E-state index contributed by atoms with van der Waals surface area (Å²) in [5, 5.41) is 8.64. The largest absolute Gasteiger partial charge is 0.338 e. The first kappa shape index (κ1) is 16.4. The molecule has 0 fully saturated rings. The van der Waals surface area contributed by atoms with Crippen molar-refractivity contribution >= 4 is 17.4 Å². The molecule has 5 nitrogen and oxygen atoms in total. The molecule has 0 spiro atoms. The molecule has 0 atom stereocenters. The number of urea groups is 1. The summed E-state index contributed by atoms with van der Waals surface area (Å²) in [6.45, 7) is 5.57. The fraction of sp³-hybridized carbons (Fsp3) is 0.438. The molecule has 2 aromatic heterocycles. The van der Waals surface area contributed by atoms with Gasteiger partial charge in [0.15, 0.2) is 0 Å². The zero-order valence-electron chi connectivity index (χ0n) is 13.0. The van der Waals surface area contributed by atoms with E-state index in [4.69, 9.17) is 0 Å². The van der Waals surface area contributed by atoms with Gasteiger partial charge < -0.3 is 10.6 Å². The van der Waals surface area contributed by atoms with Crippen LogP contribution in [0.5, 0.6) is 0 Å². The Morgan fingerprint density at radius 2 is 2.09 bits per heavy atom. The summed E-state index contributed by atoms with van der Waals surface area (Å²) in [6, 6.07) is 5.68. The van der Waals surface area contributed by atoms with Gasteiger partial charge in [0.25, 0.3) is 0 Å². The van der Waals surface area contributed by atoms with Crippen LogP contribution in [0.25, 0.3) is 10.7 Å². The third-order valence-electron chi connectivity index (χ3n) is 3.11. The van der Waals surface area contributed by atoms with E-state index in [1.54, 1.807) is 17.5 Å². The van der Waals surface area contributed by atoms with Crippen molar-refractivity contribution in [3.63, 3.8) is 0 Å². The smallest absolute Gasteiger partial charge is 0.314 e. The van der Waals surface area contributed by atoms with Crippen LogP contribution in [0.4, 0.5) is 4.79 Å². The number of carbonyl (C=O) groups excluding carboxylic acids is 1. The van der Waals surface area contributed by atoms with Gasteiger partial charge in [0.05, 0.1) is 11.4 Å². The highest BCUT2D eigenvalue weighted by molar-refractivity contribution is 7.13. The van der Waals surface area contributed by atoms with E-state index in [0.29, 0.717) is 19.0 Å². The van der Waals surface area contributed by atoms with Crippen molar-refractivity contribution in [2.75, 3.05) is 13.1 Å². The standard InChI is InChI=1S/C16H22N4OS/c1-12(2)6-9-18-16(21)19-10-7-13-11-22-15(20-13)14-5-3-4-8-17-14/h3-5,8,11-12H,6-7,9-10H2,1-2H3,(H2,18,19,21). The van der Waals surface area contributed by atoms with Gasteiger partial charge in [-0.2, -0.15) is 0 Å². The van der Waals surface area contributed by atoms with E-state index in [1.807, 2.05) is 23.6 Å². The van der Waals surface area contributed by atoms with Crippen molar-refractivity contribution in [1.29, 1.82) is 0 Å². The second kappa shape index (κ2) is 8.48. The molecule has 0 radical (unpaired) electrons. The minimum Gasteiger partial charge on any atom is -0.338 e. The highest BCUT2D eigenvalue weighted by atomic mass is 32.1. The minimum absolute atomic E-state index is 0.110. The van der Waals surface area contributed by atoms with Crippen LogP contribution in [-0.4, -0.2) is 29.1 Å². The summed E-state index contributed by atoms with van der Waals surface area (Å²) in [7, 11) is 0. The number of amides is 2. The van der Waals surface area contributed by atoms with Gasteiger partial charge in [0.2, 0.25) is 0 Å². The molecule has 6 heteroatoms. The lowest BCUT2D eigenvalue weighted by Gasteiger charge is -2.08. The Kier molecular flexibility index (Phi) is 6.33. The van der Waals surface area contributed by atoms with Gasteiger partial charge in [-0.05, 0) is 24.5 Å². The molecule has 0 saturated carbocycles. The van der Waals surface area contributed by atoms with Crippen molar-refractivity contribution in [3.05, 3.63) is 35.5 Å². The van der Waals surface area contributed by atoms with Crippen LogP contribution < -0.4 is 10.6 Å². The Hall–Kier alpha value is -1.95. The van der Waals surface area contributed by atoms with Crippen LogP contribution in [0.2, 0.25) is 0 Å². The number of nitrogens with zero attached hydrogens (tertiary/aromatic N) is 2. The summed E-state index contributed by atoms with van der Waals surface area (Å²) >= 11 is 1.58. The number of rotatable bonds is 7. The number of pyridine rings is 1. The lowest BCUT2D eigenvalue weighted by molar-refractivity contribution is 0.240. The lowest BCUT2D eigenvalue weighted by atomic mass is 10.1. The van der Waals surface area contributed by atoms with Crippen molar-refractivity contribution < 1.29 is 4.79 Å². The van der Waals surface area contributed by atoms with E-state index < -0.39 is 0 Å². The first-order valence-corrected chi connectivity index (χ1v) is 8.40. The van der Waals surface area contributed by atoms with Crippen LogP contribution >= 0.6 is 11.3 Å². The van der Waals surface area contributed by atoms with Crippen LogP contribution in [0.15, 0.2) is 29.8 Å². The average Bonchev–Trinajstić information content (AvgIpc) is 2.97. The van der Waals surface area contributed by atoms with Gasteiger partial charge in [0.1, 0.15) is 5.01 Å². The van der Waals surface area contributed by atoms with E-state index in [9.17, 15) is 4.79 Å². The zero-order valence-corrected chi connectivity index (χ0v) is 13.8. The Labute approximate surface area is 135 Å². The molecule has 0 aliphatic carbocycles. The summed E-state index contributed by atoms with van der Waals surface area (Å²) in [4.78, 5) is 20.4. The third kappa shape index (κ3) is 5.44. The van der Waals surface area contributed by atoms with Gasteiger partial charge in [-0.25, -0.2) is 9.78 Å². The summed E-state index contributed by atoms with van der Waals surface area (Å²) in [5.41, 5.74) is 1.87. The van der Waals surface area contributed by atoms with Crippen LogP contribution in [-0.2, 0) is 6.42 Å². The Balaban J connectivity index is 1.72. The summed E-state index contributed by atoms with van der Waals surface area (Å²) in [6.07, 6.45) is 3.48. The van der Waals surface area contributed by atoms with Crippen molar-refractivity contribution in [1.82, 2.24) is 20.6 Å². The number of carbonyl (C=O) groups is 1. The minimum atomic E-state index is -0.110. The molecule has 0 saturated heterocycles. The first-order valence-electron chi connectivity index (χ1n) is 7.52. The molecule has 2 aromatic rings. The SMILES string of the molecule is CC(C)CCNC(=O)NCCc1csc(-c2ccccn2)n1. The van der Waals surface area contributed by atoms with E-state index in [1.165, 1.54) is 0 Å². The Morgan fingerprint density at radius 1 is 1.27 bits per heavy atom. The second-order valence-electron chi connectivity index (χ2n) is 5.47.